The Balaban J connectivity index is 1.83. The third-order valence-corrected chi connectivity index (χ3v) is 4.28. The van der Waals surface area contributed by atoms with Crippen molar-refractivity contribution in [2.24, 2.45) is 5.92 Å². The largest absolute Gasteiger partial charge is 0.494 e. The zero-order chi connectivity index (χ0) is 15.8. The maximum Gasteiger partial charge on any atom is 0.119 e. The van der Waals surface area contributed by atoms with Crippen molar-refractivity contribution in [1.82, 2.24) is 10.2 Å². The molecular formula is C18H30N2O2. The summed E-state index contributed by atoms with van der Waals surface area (Å²) in [6.07, 6.45) is 1.80. The highest BCUT2D eigenvalue weighted by Crippen LogP contribution is 2.25. The van der Waals surface area contributed by atoms with Crippen molar-refractivity contribution in [3.8, 4) is 5.75 Å². The molecular weight excluding hydrogens is 276 g/mol. The molecule has 2 unspecified atom stereocenters. The summed E-state index contributed by atoms with van der Waals surface area (Å²) in [5.41, 5.74) is 0.977. The van der Waals surface area contributed by atoms with Gasteiger partial charge >= 0.3 is 0 Å². The molecule has 1 fully saturated rings. The molecule has 0 saturated carbocycles. The minimum absolute atomic E-state index is 0.227. The van der Waals surface area contributed by atoms with Crippen LogP contribution < -0.4 is 10.1 Å². The van der Waals surface area contributed by atoms with Gasteiger partial charge in [0, 0.05) is 32.7 Å². The summed E-state index contributed by atoms with van der Waals surface area (Å²) in [7, 11) is 0. The topological polar surface area (TPSA) is 44.7 Å². The van der Waals surface area contributed by atoms with Crippen molar-refractivity contribution in [2.45, 2.75) is 32.8 Å². The van der Waals surface area contributed by atoms with Crippen molar-refractivity contribution in [1.29, 1.82) is 0 Å². The van der Waals surface area contributed by atoms with Gasteiger partial charge in [-0.2, -0.15) is 0 Å². The highest BCUT2D eigenvalue weighted by molar-refractivity contribution is 5.28. The Hall–Kier alpha value is -1.10. The number of piperazine rings is 1. The van der Waals surface area contributed by atoms with Gasteiger partial charge in [0.15, 0.2) is 0 Å². The van der Waals surface area contributed by atoms with E-state index in [4.69, 9.17) is 4.74 Å². The smallest absolute Gasteiger partial charge is 0.119 e. The quantitative estimate of drug-likeness (QED) is 0.724. The molecule has 1 aliphatic rings. The molecule has 4 heteroatoms. The lowest BCUT2D eigenvalue weighted by molar-refractivity contribution is 0.0842. The number of benzene rings is 1. The van der Waals surface area contributed by atoms with E-state index in [9.17, 15) is 5.11 Å². The summed E-state index contributed by atoms with van der Waals surface area (Å²) in [5.74, 6) is 1.11. The van der Waals surface area contributed by atoms with Gasteiger partial charge in [-0.05, 0) is 30.0 Å². The number of unbranched alkanes of at least 4 members (excludes halogenated alkanes) is 1. The molecule has 1 aromatic rings. The summed E-state index contributed by atoms with van der Waals surface area (Å²) >= 11 is 0. The zero-order valence-corrected chi connectivity index (χ0v) is 13.9. The van der Waals surface area contributed by atoms with E-state index in [2.05, 4.69) is 24.1 Å². The van der Waals surface area contributed by atoms with Crippen LogP contribution in [0.3, 0.4) is 0 Å². The van der Waals surface area contributed by atoms with Gasteiger partial charge in [0.25, 0.3) is 0 Å². The summed E-state index contributed by atoms with van der Waals surface area (Å²) in [4.78, 5) is 2.42. The third kappa shape index (κ3) is 5.27. The molecule has 2 rings (SSSR count). The Morgan fingerprint density at radius 1 is 1.23 bits per heavy atom. The van der Waals surface area contributed by atoms with Crippen LogP contribution in [0, 0.1) is 5.92 Å². The lowest BCUT2D eigenvalue weighted by Crippen LogP contribution is -2.45. The molecule has 0 bridgehead atoms. The lowest BCUT2D eigenvalue weighted by atomic mass is 9.96. The van der Waals surface area contributed by atoms with Crippen LogP contribution in [0.4, 0.5) is 0 Å². The van der Waals surface area contributed by atoms with Gasteiger partial charge in [-0.1, -0.05) is 32.4 Å². The van der Waals surface area contributed by atoms with Gasteiger partial charge in [0.1, 0.15) is 5.75 Å². The van der Waals surface area contributed by atoms with E-state index in [1.165, 1.54) is 0 Å². The SMILES string of the molecule is CCCCOc1ccc(C(O)C(C)CN2CCNCC2)cc1. The molecule has 124 valence electrons. The predicted molar refractivity (Wildman–Crippen MR) is 90.3 cm³/mol. The monoisotopic (exact) mass is 306 g/mol. The van der Waals surface area contributed by atoms with Crippen LogP contribution >= 0.6 is 0 Å². The number of hydrogen-bond donors (Lipinski definition) is 2. The Morgan fingerprint density at radius 3 is 2.55 bits per heavy atom. The lowest BCUT2D eigenvalue weighted by Gasteiger charge is -2.31. The van der Waals surface area contributed by atoms with Crippen molar-refractivity contribution in [2.75, 3.05) is 39.3 Å². The van der Waals surface area contributed by atoms with E-state index in [1.807, 2.05) is 24.3 Å². The fraction of sp³-hybridized carbons (Fsp3) is 0.667. The minimum Gasteiger partial charge on any atom is -0.494 e. The van der Waals surface area contributed by atoms with Crippen LogP contribution in [0.15, 0.2) is 24.3 Å². The number of nitrogens with zero attached hydrogens (tertiary/aromatic N) is 1. The van der Waals surface area contributed by atoms with Crippen LogP contribution in [0.1, 0.15) is 38.4 Å². The van der Waals surface area contributed by atoms with Crippen molar-refractivity contribution in [3.63, 3.8) is 0 Å². The second-order valence-corrected chi connectivity index (χ2v) is 6.24. The summed E-state index contributed by atoms with van der Waals surface area (Å²) < 4.78 is 5.67. The van der Waals surface area contributed by atoms with E-state index < -0.39 is 6.10 Å². The molecule has 4 nitrogen and oxygen atoms in total. The Kier molecular flexibility index (Phi) is 7.16. The number of rotatable bonds is 8. The van der Waals surface area contributed by atoms with E-state index in [0.29, 0.717) is 0 Å². The Labute approximate surface area is 134 Å². The highest BCUT2D eigenvalue weighted by atomic mass is 16.5. The average molecular weight is 306 g/mol. The Bertz CT molecular complexity index is 416. The molecule has 0 amide bonds. The summed E-state index contributed by atoms with van der Waals surface area (Å²) in [6.45, 7) is 10.2. The second-order valence-electron chi connectivity index (χ2n) is 6.24. The normalized spacial score (nSPS) is 18.9. The fourth-order valence-electron chi connectivity index (χ4n) is 2.82. The molecule has 1 saturated heterocycles. The van der Waals surface area contributed by atoms with Gasteiger partial charge < -0.3 is 20.1 Å². The van der Waals surface area contributed by atoms with E-state index in [-0.39, 0.29) is 5.92 Å². The van der Waals surface area contributed by atoms with Crippen molar-refractivity contribution < 1.29 is 9.84 Å². The molecule has 0 aliphatic carbocycles. The highest BCUT2D eigenvalue weighted by Gasteiger charge is 2.20. The number of ether oxygens (including phenoxy) is 1. The molecule has 0 aromatic heterocycles. The maximum atomic E-state index is 10.5. The van der Waals surface area contributed by atoms with Crippen molar-refractivity contribution >= 4 is 0 Å². The third-order valence-electron chi connectivity index (χ3n) is 4.28. The number of aliphatic hydroxyl groups excluding tert-OH is 1. The van der Waals surface area contributed by atoms with Crippen LogP contribution in [-0.4, -0.2) is 49.3 Å². The van der Waals surface area contributed by atoms with Crippen LogP contribution in [0.5, 0.6) is 5.75 Å². The van der Waals surface area contributed by atoms with E-state index in [0.717, 1.165) is 63.5 Å². The first kappa shape index (κ1) is 17.3. The number of hydrogen-bond acceptors (Lipinski definition) is 4. The molecule has 0 radical (unpaired) electrons. The first-order chi connectivity index (χ1) is 10.7. The maximum absolute atomic E-state index is 10.5. The van der Waals surface area contributed by atoms with Crippen LogP contribution in [0.2, 0.25) is 0 Å². The molecule has 1 aliphatic heterocycles. The molecule has 2 atom stereocenters. The molecule has 2 N–H and O–H groups in total. The van der Waals surface area contributed by atoms with Crippen LogP contribution in [-0.2, 0) is 0 Å². The van der Waals surface area contributed by atoms with Gasteiger partial charge in [-0.3, -0.25) is 0 Å². The number of nitrogens with one attached hydrogen (secondary N) is 1. The molecule has 1 aromatic carbocycles. The first-order valence-corrected chi connectivity index (χ1v) is 8.54. The fourth-order valence-corrected chi connectivity index (χ4v) is 2.82. The van der Waals surface area contributed by atoms with Gasteiger partial charge in [0.05, 0.1) is 12.7 Å². The Morgan fingerprint density at radius 2 is 1.91 bits per heavy atom. The first-order valence-electron chi connectivity index (χ1n) is 8.54. The standard InChI is InChI=1S/C18H30N2O2/c1-3-4-13-22-17-7-5-16(6-8-17)18(21)15(2)14-20-11-9-19-10-12-20/h5-8,15,18-19,21H,3-4,9-14H2,1-2H3. The zero-order valence-electron chi connectivity index (χ0n) is 13.9. The van der Waals surface area contributed by atoms with Crippen LogP contribution in [0.25, 0.3) is 0 Å². The number of aliphatic hydroxyl groups is 1. The molecule has 1 heterocycles. The second kappa shape index (κ2) is 9.13. The predicted octanol–water partition coefficient (Wildman–Crippen LogP) is 2.44. The summed E-state index contributed by atoms with van der Waals surface area (Å²) in [5, 5.41) is 13.9. The summed E-state index contributed by atoms with van der Waals surface area (Å²) in [6, 6.07) is 7.90. The van der Waals surface area contributed by atoms with Gasteiger partial charge in [-0.15, -0.1) is 0 Å². The minimum atomic E-state index is -0.417. The van der Waals surface area contributed by atoms with Crippen molar-refractivity contribution in [3.05, 3.63) is 29.8 Å². The van der Waals surface area contributed by atoms with Gasteiger partial charge in [0.2, 0.25) is 0 Å². The average Bonchev–Trinajstić information content (AvgIpc) is 2.56. The van der Waals surface area contributed by atoms with Gasteiger partial charge in [-0.25, -0.2) is 0 Å². The molecule has 22 heavy (non-hydrogen) atoms. The molecule has 0 spiro atoms. The van der Waals surface area contributed by atoms with E-state index in [1.54, 1.807) is 0 Å². The van der Waals surface area contributed by atoms with E-state index >= 15 is 0 Å².